The van der Waals surface area contributed by atoms with Crippen molar-refractivity contribution in [2.75, 3.05) is 0 Å². The maximum Gasteiger partial charge on any atom is 0.332 e. The van der Waals surface area contributed by atoms with Gasteiger partial charge in [0.05, 0.1) is 5.70 Å². The number of rotatable bonds is 1. The van der Waals surface area contributed by atoms with Gasteiger partial charge in [0.2, 0.25) is 0 Å². The van der Waals surface area contributed by atoms with Crippen molar-refractivity contribution >= 4 is 11.6 Å². The highest BCUT2D eigenvalue weighted by Crippen LogP contribution is 2.15. The van der Waals surface area contributed by atoms with Gasteiger partial charge in [0.1, 0.15) is 5.94 Å². The lowest BCUT2D eigenvalue weighted by Crippen LogP contribution is -2.28. The molecule has 1 aliphatic rings. The number of allylic oxidation sites excluding steroid dienone is 5. The molecule has 5 heteroatoms. The standard InChI is InChI=1S/C11H8N2O3/c14-7-8-2-1-3-9(6-8)13-5-4-10(15)12-11(13)16/h1,3-6H,2H2,(H,12,15,16). The van der Waals surface area contributed by atoms with E-state index in [1.54, 1.807) is 24.2 Å². The van der Waals surface area contributed by atoms with E-state index in [4.69, 9.17) is 0 Å². The first kappa shape index (κ1) is 10.1. The Morgan fingerprint density at radius 2 is 2.19 bits per heavy atom. The van der Waals surface area contributed by atoms with Crippen molar-refractivity contribution < 1.29 is 4.79 Å². The molecular weight excluding hydrogens is 208 g/mol. The summed E-state index contributed by atoms with van der Waals surface area (Å²) in [4.78, 5) is 35.0. The SMILES string of the molecule is O=C=C1C=C(n2ccc(=O)[nH]c2=O)C=CC1. The normalized spacial score (nSPS) is 14.5. The highest BCUT2D eigenvalue weighted by atomic mass is 16.2. The third-order valence-corrected chi connectivity index (χ3v) is 2.18. The lowest BCUT2D eigenvalue weighted by molar-refractivity contribution is 0.567. The van der Waals surface area contributed by atoms with E-state index in [0.29, 0.717) is 17.7 Å². The summed E-state index contributed by atoms with van der Waals surface area (Å²) in [6, 6.07) is 1.25. The van der Waals surface area contributed by atoms with Gasteiger partial charge in [-0.15, -0.1) is 0 Å². The van der Waals surface area contributed by atoms with Crippen LogP contribution >= 0.6 is 0 Å². The van der Waals surface area contributed by atoms with Crippen LogP contribution in [-0.2, 0) is 4.79 Å². The Kier molecular flexibility index (Phi) is 2.54. The van der Waals surface area contributed by atoms with E-state index < -0.39 is 11.2 Å². The quantitative estimate of drug-likeness (QED) is 0.676. The number of aromatic amines is 1. The second kappa shape index (κ2) is 4.00. The first-order valence-corrected chi connectivity index (χ1v) is 4.65. The molecule has 0 amide bonds. The Labute approximate surface area is 90.0 Å². The summed E-state index contributed by atoms with van der Waals surface area (Å²) < 4.78 is 1.26. The van der Waals surface area contributed by atoms with E-state index in [-0.39, 0.29) is 0 Å². The molecule has 1 aliphatic carbocycles. The van der Waals surface area contributed by atoms with Crippen LogP contribution in [0.1, 0.15) is 6.42 Å². The first-order chi connectivity index (χ1) is 7.70. The zero-order chi connectivity index (χ0) is 11.5. The second-order valence-corrected chi connectivity index (χ2v) is 3.28. The average Bonchev–Trinajstić information content (AvgIpc) is 2.29. The third-order valence-electron chi connectivity index (χ3n) is 2.18. The number of H-pyrrole nitrogens is 1. The Hall–Kier alpha value is -2.39. The van der Waals surface area contributed by atoms with Gasteiger partial charge in [-0.1, -0.05) is 6.08 Å². The van der Waals surface area contributed by atoms with Gasteiger partial charge in [-0.2, -0.15) is 0 Å². The predicted molar refractivity (Wildman–Crippen MR) is 58.6 cm³/mol. The topological polar surface area (TPSA) is 71.9 Å². The van der Waals surface area contributed by atoms with E-state index >= 15 is 0 Å². The molecule has 0 atom stereocenters. The molecule has 5 nitrogen and oxygen atoms in total. The Morgan fingerprint density at radius 1 is 1.38 bits per heavy atom. The van der Waals surface area contributed by atoms with Crippen molar-refractivity contribution in [3.05, 3.63) is 56.9 Å². The molecule has 16 heavy (non-hydrogen) atoms. The summed E-state index contributed by atoms with van der Waals surface area (Å²) in [6.07, 6.45) is 6.90. The summed E-state index contributed by atoms with van der Waals surface area (Å²) in [5.41, 5.74) is 0.0183. The largest absolute Gasteiger partial charge is 0.332 e. The van der Waals surface area contributed by atoms with Crippen LogP contribution in [0, 0.1) is 0 Å². The molecule has 0 saturated carbocycles. The molecule has 0 saturated heterocycles. The maximum atomic E-state index is 11.5. The molecule has 1 N–H and O–H groups in total. The summed E-state index contributed by atoms with van der Waals surface area (Å²) >= 11 is 0. The van der Waals surface area contributed by atoms with Crippen molar-refractivity contribution in [2.24, 2.45) is 0 Å². The first-order valence-electron chi connectivity index (χ1n) is 4.65. The highest BCUT2D eigenvalue weighted by molar-refractivity contribution is 5.70. The summed E-state index contributed by atoms with van der Waals surface area (Å²) in [6.45, 7) is 0. The fourth-order valence-electron chi connectivity index (χ4n) is 1.43. The fraction of sp³-hybridized carbons (Fsp3) is 0.0909. The smallest absolute Gasteiger partial charge is 0.274 e. The summed E-state index contributed by atoms with van der Waals surface area (Å²) in [5.74, 6) is 1.79. The van der Waals surface area contributed by atoms with Crippen LogP contribution in [0.4, 0.5) is 0 Å². The minimum absolute atomic E-state index is 0.451. The second-order valence-electron chi connectivity index (χ2n) is 3.28. The van der Waals surface area contributed by atoms with E-state index in [2.05, 4.69) is 4.98 Å². The molecule has 0 radical (unpaired) electrons. The highest BCUT2D eigenvalue weighted by Gasteiger charge is 2.06. The number of hydrogen-bond donors (Lipinski definition) is 1. The van der Waals surface area contributed by atoms with Crippen molar-refractivity contribution in [1.82, 2.24) is 9.55 Å². The van der Waals surface area contributed by atoms with Crippen LogP contribution in [-0.4, -0.2) is 15.5 Å². The minimum Gasteiger partial charge on any atom is -0.274 e. The van der Waals surface area contributed by atoms with Crippen LogP contribution in [0.3, 0.4) is 0 Å². The number of hydrogen-bond acceptors (Lipinski definition) is 3. The van der Waals surface area contributed by atoms with Crippen LogP contribution in [0.25, 0.3) is 5.70 Å². The van der Waals surface area contributed by atoms with Crippen LogP contribution in [0.2, 0.25) is 0 Å². The lowest BCUT2D eigenvalue weighted by Gasteiger charge is -2.09. The maximum absolute atomic E-state index is 11.5. The Balaban J connectivity index is 2.57. The molecule has 1 aromatic heterocycles. The molecule has 0 spiro atoms. The van der Waals surface area contributed by atoms with Gasteiger partial charge in [0, 0.05) is 24.3 Å². The zero-order valence-electron chi connectivity index (χ0n) is 8.27. The number of nitrogens with one attached hydrogen (secondary N) is 1. The van der Waals surface area contributed by atoms with Crippen molar-refractivity contribution in [3.8, 4) is 0 Å². The molecule has 0 bridgehead atoms. The lowest BCUT2D eigenvalue weighted by atomic mass is 10.1. The molecule has 80 valence electrons. The number of nitrogens with zero attached hydrogens (tertiary/aromatic N) is 1. The average molecular weight is 216 g/mol. The zero-order valence-corrected chi connectivity index (χ0v) is 8.27. The van der Waals surface area contributed by atoms with Gasteiger partial charge in [0.15, 0.2) is 0 Å². The number of carbonyl (C=O) groups excluding carboxylic acids is 1. The number of aromatic nitrogens is 2. The molecular formula is C11H8N2O3. The van der Waals surface area contributed by atoms with Gasteiger partial charge in [0.25, 0.3) is 5.56 Å². The molecule has 0 fully saturated rings. The monoisotopic (exact) mass is 216 g/mol. The van der Waals surface area contributed by atoms with Crippen LogP contribution in [0.5, 0.6) is 0 Å². The molecule has 0 aliphatic heterocycles. The third kappa shape index (κ3) is 1.85. The van der Waals surface area contributed by atoms with Crippen molar-refractivity contribution in [1.29, 1.82) is 0 Å². The van der Waals surface area contributed by atoms with E-state index in [0.717, 1.165) is 0 Å². The van der Waals surface area contributed by atoms with Gasteiger partial charge in [-0.05, 0) is 12.2 Å². The van der Waals surface area contributed by atoms with Crippen LogP contribution in [0.15, 0.2) is 45.7 Å². The Morgan fingerprint density at radius 3 is 2.88 bits per heavy atom. The molecule has 0 unspecified atom stereocenters. The molecule has 2 rings (SSSR count). The van der Waals surface area contributed by atoms with E-state index in [9.17, 15) is 14.4 Å². The van der Waals surface area contributed by atoms with Gasteiger partial charge < -0.3 is 0 Å². The molecule has 1 aromatic rings. The summed E-state index contributed by atoms with van der Waals surface area (Å²) in [7, 11) is 0. The molecule has 1 heterocycles. The van der Waals surface area contributed by atoms with E-state index in [1.807, 2.05) is 0 Å². The van der Waals surface area contributed by atoms with E-state index in [1.165, 1.54) is 16.8 Å². The molecule has 0 aromatic carbocycles. The summed E-state index contributed by atoms with van der Waals surface area (Å²) in [5, 5.41) is 0. The van der Waals surface area contributed by atoms with Gasteiger partial charge >= 0.3 is 5.69 Å². The van der Waals surface area contributed by atoms with Gasteiger partial charge in [-0.25, -0.2) is 9.59 Å². The fourth-order valence-corrected chi connectivity index (χ4v) is 1.43. The van der Waals surface area contributed by atoms with Gasteiger partial charge in [-0.3, -0.25) is 14.3 Å². The van der Waals surface area contributed by atoms with Crippen LogP contribution < -0.4 is 11.2 Å². The van der Waals surface area contributed by atoms with Crippen molar-refractivity contribution in [2.45, 2.75) is 6.42 Å². The predicted octanol–water partition coefficient (Wildman–Crippen LogP) is 0.0954. The minimum atomic E-state index is -0.532. The van der Waals surface area contributed by atoms with Crippen molar-refractivity contribution in [3.63, 3.8) is 0 Å². The Bertz CT molecular complexity index is 640.